The van der Waals surface area contributed by atoms with Crippen molar-refractivity contribution in [3.05, 3.63) is 12.2 Å². The SMILES string of the molecule is C=C(CO)[C@@H]1CC[C@]2(C)CC[C@]3(C(=O)O)[C@H](CC[C@@H]4[C@@]5(C)CC[C@H](O)C(C)(C)[C@@H]5CC[C@]43C)[C@@H]12. The van der Waals surface area contributed by atoms with Crippen LogP contribution in [0.5, 0.6) is 0 Å². The third-order valence-electron chi connectivity index (χ3n) is 13.3. The van der Waals surface area contributed by atoms with Crippen LogP contribution in [0.4, 0.5) is 0 Å². The molecule has 0 bridgehead atoms. The van der Waals surface area contributed by atoms with Gasteiger partial charge in [0.15, 0.2) is 0 Å². The maximum absolute atomic E-state index is 13.5. The summed E-state index contributed by atoms with van der Waals surface area (Å²) < 4.78 is 0. The van der Waals surface area contributed by atoms with Gasteiger partial charge in [-0.3, -0.25) is 4.79 Å². The molecule has 3 N–H and O–H groups in total. The summed E-state index contributed by atoms with van der Waals surface area (Å²) in [4.78, 5) is 13.5. The minimum absolute atomic E-state index is 0.0150. The van der Waals surface area contributed by atoms with Gasteiger partial charge in [0, 0.05) is 0 Å². The second-order valence-electron chi connectivity index (χ2n) is 14.5. The molecule has 10 atom stereocenters. The summed E-state index contributed by atoms with van der Waals surface area (Å²) in [6.45, 7) is 15.9. The number of aliphatic hydroxyl groups is 2. The Kier molecular flexibility index (Phi) is 5.52. The first kappa shape index (κ1) is 24.8. The fraction of sp³-hybridized carbons (Fsp3) is 0.900. The van der Waals surface area contributed by atoms with Crippen LogP contribution >= 0.6 is 0 Å². The Morgan fingerprint density at radius 1 is 0.882 bits per heavy atom. The monoisotopic (exact) mass is 472 g/mol. The molecule has 0 amide bonds. The Bertz CT molecular complexity index is 879. The summed E-state index contributed by atoms with van der Waals surface area (Å²) in [5.41, 5.74) is 0.0945. The van der Waals surface area contributed by atoms with Crippen LogP contribution in [0.2, 0.25) is 0 Å². The molecule has 0 aromatic rings. The van der Waals surface area contributed by atoms with Crippen LogP contribution in [-0.2, 0) is 4.79 Å². The summed E-state index contributed by atoms with van der Waals surface area (Å²) in [5.74, 6) is 0.960. The van der Waals surface area contributed by atoms with Crippen molar-refractivity contribution in [1.82, 2.24) is 0 Å². The van der Waals surface area contributed by atoms with Crippen LogP contribution < -0.4 is 0 Å². The first-order chi connectivity index (χ1) is 15.8. The summed E-state index contributed by atoms with van der Waals surface area (Å²) in [6, 6.07) is 0. The number of hydrogen-bond donors (Lipinski definition) is 3. The molecule has 0 aromatic heterocycles. The van der Waals surface area contributed by atoms with Crippen molar-refractivity contribution in [2.24, 2.45) is 56.7 Å². The van der Waals surface area contributed by atoms with Gasteiger partial charge in [-0.2, -0.15) is 0 Å². The lowest BCUT2D eigenvalue weighted by molar-refractivity contribution is -0.253. The molecule has 0 radical (unpaired) electrons. The zero-order chi connectivity index (χ0) is 24.9. The van der Waals surface area contributed by atoms with Crippen LogP contribution in [0.25, 0.3) is 0 Å². The van der Waals surface area contributed by atoms with Gasteiger partial charge in [0.2, 0.25) is 0 Å². The summed E-state index contributed by atoms with van der Waals surface area (Å²) in [5, 5.41) is 32.0. The fourth-order valence-electron chi connectivity index (χ4n) is 11.6. The number of aliphatic hydroxyl groups excluding tert-OH is 2. The molecule has 0 spiro atoms. The minimum atomic E-state index is -0.702. The number of carboxylic acids is 1. The number of aliphatic carboxylic acids is 1. The molecule has 5 fully saturated rings. The maximum Gasteiger partial charge on any atom is 0.310 e. The number of hydrogen-bond acceptors (Lipinski definition) is 3. The third-order valence-corrected chi connectivity index (χ3v) is 13.3. The van der Waals surface area contributed by atoms with E-state index in [0.717, 1.165) is 69.8 Å². The molecule has 0 aliphatic heterocycles. The normalized spacial score (nSPS) is 53.7. The highest BCUT2D eigenvalue weighted by atomic mass is 16.4. The van der Waals surface area contributed by atoms with Gasteiger partial charge in [-0.25, -0.2) is 0 Å². The topological polar surface area (TPSA) is 77.8 Å². The van der Waals surface area contributed by atoms with Crippen molar-refractivity contribution in [2.75, 3.05) is 6.61 Å². The van der Waals surface area contributed by atoms with E-state index in [1.807, 2.05) is 0 Å². The van der Waals surface area contributed by atoms with Gasteiger partial charge in [-0.05, 0) is 121 Å². The molecule has 192 valence electrons. The number of carbonyl (C=O) groups is 1. The molecule has 5 aliphatic carbocycles. The first-order valence-corrected chi connectivity index (χ1v) is 14.0. The highest BCUT2D eigenvalue weighted by Crippen LogP contribution is 2.77. The standard InChI is InChI=1S/C30H48O4/c1-18(17-31)19-9-12-27(4)15-16-30(25(33)34)20(24(19)27)7-8-22-28(5)13-11-23(32)26(2,3)21(28)10-14-29(22,30)6/h19-24,31-32H,1,7-17H2,2-6H3,(H,33,34)/t19-,20+,21-,22+,23-,24+,27+,28-,29+,30+/m0/s1. The number of carboxylic acid groups (broad SMARTS) is 1. The van der Waals surface area contributed by atoms with Crippen molar-refractivity contribution in [1.29, 1.82) is 0 Å². The van der Waals surface area contributed by atoms with Crippen molar-refractivity contribution >= 4 is 5.97 Å². The molecule has 34 heavy (non-hydrogen) atoms. The maximum atomic E-state index is 13.5. The van der Waals surface area contributed by atoms with Crippen molar-refractivity contribution in [2.45, 2.75) is 105 Å². The molecule has 5 saturated carbocycles. The lowest BCUT2D eigenvalue weighted by Gasteiger charge is -2.72. The molecule has 5 aliphatic rings. The molecular formula is C30H48O4. The second-order valence-corrected chi connectivity index (χ2v) is 14.5. The predicted octanol–water partition coefficient (Wildman–Crippen LogP) is 6.06. The van der Waals surface area contributed by atoms with Crippen molar-refractivity contribution < 1.29 is 20.1 Å². The van der Waals surface area contributed by atoms with E-state index in [4.69, 9.17) is 0 Å². The summed E-state index contributed by atoms with van der Waals surface area (Å²) >= 11 is 0. The van der Waals surface area contributed by atoms with E-state index in [1.54, 1.807) is 0 Å². The molecule has 0 aromatic carbocycles. The average Bonchev–Trinajstić information content (AvgIpc) is 3.13. The Morgan fingerprint density at radius 2 is 1.59 bits per heavy atom. The van der Waals surface area contributed by atoms with Crippen molar-refractivity contribution in [3.63, 3.8) is 0 Å². The average molecular weight is 473 g/mol. The lowest BCUT2D eigenvalue weighted by atomic mass is 9.32. The highest BCUT2D eigenvalue weighted by Gasteiger charge is 2.74. The van der Waals surface area contributed by atoms with Crippen LogP contribution in [0.3, 0.4) is 0 Å². The Labute approximate surface area is 206 Å². The molecule has 0 unspecified atom stereocenters. The van der Waals surface area contributed by atoms with E-state index < -0.39 is 11.4 Å². The van der Waals surface area contributed by atoms with Gasteiger partial charge < -0.3 is 15.3 Å². The molecule has 0 saturated heterocycles. The van der Waals surface area contributed by atoms with Gasteiger partial charge >= 0.3 is 5.97 Å². The number of fused-ring (bicyclic) bond motifs is 7. The highest BCUT2D eigenvalue weighted by molar-refractivity contribution is 5.77. The van der Waals surface area contributed by atoms with Crippen molar-refractivity contribution in [3.8, 4) is 0 Å². The van der Waals surface area contributed by atoms with Gasteiger partial charge in [0.1, 0.15) is 0 Å². The van der Waals surface area contributed by atoms with E-state index in [1.165, 1.54) is 0 Å². The first-order valence-electron chi connectivity index (χ1n) is 14.0. The quantitative estimate of drug-likeness (QED) is 0.436. The van der Waals surface area contributed by atoms with Crippen LogP contribution in [0, 0.1) is 56.7 Å². The van der Waals surface area contributed by atoms with E-state index in [0.29, 0.717) is 17.8 Å². The van der Waals surface area contributed by atoms with E-state index in [2.05, 4.69) is 41.2 Å². The smallest absolute Gasteiger partial charge is 0.310 e. The lowest BCUT2D eigenvalue weighted by Crippen LogP contribution is -2.69. The molecule has 4 heteroatoms. The predicted molar refractivity (Wildman–Crippen MR) is 134 cm³/mol. The summed E-state index contributed by atoms with van der Waals surface area (Å²) in [6.07, 6.45) is 9.55. The Hall–Kier alpha value is -0.870. The largest absolute Gasteiger partial charge is 0.481 e. The Morgan fingerprint density at radius 3 is 2.24 bits per heavy atom. The number of rotatable bonds is 3. The summed E-state index contributed by atoms with van der Waals surface area (Å²) in [7, 11) is 0. The Balaban J connectivity index is 1.61. The van der Waals surface area contributed by atoms with Gasteiger partial charge in [0.05, 0.1) is 18.1 Å². The zero-order valence-corrected chi connectivity index (χ0v) is 22.2. The second kappa shape index (κ2) is 7.57. The van der Waals surface area contributed by atoms with Crippen LogP contribution in [0.15, 0.2) is 12.2 Å². The van der Waals surface area contributed by atoms with E-state index >= 15 is 0 Å². The van der Waals surface area contributed by atoms with Gasteiger partial charge in [-0.15, -0.1) is 0 Å². The van der Waals surface area contributed by atoms with E-state index in [9.17, 15) is 20.1 Å². The fourth-order valence-corrected chi connectivity index (χ4v) is 11.6. The van der Waals surface area contributed by atoms with Crippen LogP contribution in [-0.4, -0.2) is 34.0 Å². The van der Waals surface area contributed by atoms with Crippen LogP contribution in [0.1, 0.15) is 98.8 Å². The molecule has 4 nitrogen and oxygen atoms in total. The van der Waals surface area contributed by atoms with Gasteiger partial charge in [-0.1, -0.05) is 41.2 Å². The van der Waals surface area contributed by atoms with Gasteiger partial charge in [0.25, 0.3) is 0 Å². The molecule has 5 rings (SSSR count). The zero-order valence-electron chi connectivity index (χ0n) is 22.2. The third kappa shape index (κ3) is 2.82. The van der Waals surface area contributed by atoms with E-state index in [-0.39, 0.29) is 46.2 Å². The minimum Gasteiger partial charge on any atom is -0.481 e. The molecular weight excluding hydrogens is 424 g/mol. The molecule has 0 heterocycles.